The molecule has 0 fully saturated rings. The molecule has 1 aromatic heterocycles. The van der Waals surface area contributed by atoms with Gasteiger partial charge in [0.25, 0.3) is 5.91 Å². The van der Waals surface area contributed by atoms with Crippen molar-refractivity contribution in [3.05, 3.63) is 57.0 Å². The molecule has 0 unspecified atom stereocenters. The molecule has 122 valence electrons. The molecule has 10 heteroatoms. The fourth-order valence-corrected chi connectivity index (χ4v) is 3.03. The Morgan fingerprint density at radius 3 is 2.48 bits per heavy atom. The highest BCUT2D eigenvalue weighted by atomic mass is 32.2. The zero-order valence-electron chi connectivity index (χ0n) is 11.8. The fourth-order valence-electron chi connectivity index (χ4n) is 1.81. The Morgan fingerprint density at radius 2 is 1.96 bits per heavy atom. The Labute approximate surface area is 136 Å². The first-order valence-corrected chi connectivity index (χ1v) is 8.83. The maximum absolute atomic E-state index is 11.8. The predicted molar refractivity (Wildman–Crippen MR) is 84.8 cm³/mol. The zero-order valence-corrected chi connectivity index (χ0v) is 13.4. The molecule has 3 N–H and O–H groups in total. The largest absolute Gasteiger partial charge is 0.352 e. The monoisotopic (exact) mass is 355 g/mol. The summed E-state index contributed by atoms with van der Waals surface area (Å²) in [6, 6.07) is 7.24. The Morgan fingerprint density at radius 1 is 1.30 bits per heavy atom. The van der Waals surface area contributed by atoms with Gasteiger partial charge in [-0.3, -0.25) is 14.9 Å². The van der Waals surface area contributed by atoms with E-state index >= 15 is 0 Å². The number of amides is 1. The van der Waals surface area contributed by atoms with Gasteiger partial charge in [0, 0.05) is 18.0 Å². The Hall–Kier alpha value is -2.30. The quantitative estimate of drug-likeness (QED) is 0.595. The molecular weight excluding hydrogens is 342 g/mol. The first-order valence-electron chi connectivity index (χ1n) is 6.40. The van der Waals surface area contributed by atoms with E-state index in [0.29, 0.717) is 13.0 Å². The summed E-state index contributed by atoms with van der Waals surface area (Å²) in [6.07, 6.45) is 0.489. The fraction of sp³-hybridized carbons (Fsp3) is 0.154. The molecule has 1 aromatic carbocycles. The third-order valence-corrected chi connectivity index (χ3v) is 4.79. The van der Waals surface area contributed by atoms with Crippen molar-refractivity contribution in [1.82, 2.24) is 5.32 Å². The Kier molecular flexibility index (Phi) is 5.08. The van der Waals surface area contributed by atoms with Crippen LogP contribution in [-0.4, -0.2) is 25.8 Å². The van der Waals surface area contributed by atoms with E-state index in [9.17, 15) is 23.3 Å². The average Bonchev–Trinajstić information content (AvgIpc) is 2.97. The number of benzene rings is 1. The van der Waals surface area contributed by atoms with Crippen LogP contribution in [0.15, 0.2) is 40.6 Å². The summed E-state index contributed by atoms with van der Waals surface area (Å²) in [6.45, 7) is 0.317. The van der Waals surface area contributed by atoms with E-state index in [1.165, 1.54) is 23.6 Å². The van der Waals surface area contributed by atoms with Crippen LogP contribution in [0.5, 0.6) is 0 Å². The lowest BCUT2D eigenvalue weighted by Crippen LogP contribution is -2.25. The number of carbonyl (C=O) groups is 1. The van der Waals surface area contributed by atoms with Crippen LogP contribution in [0.1, 0.15) is 15.9 Å². The van der Waals surface area contributed by atoms with Gasteiger partial charge in [-0.25, -0.2) is 13.6 Å². The van der Waals surface area contributed by atoms with E-state index in [2.05, 4.69) is 5.32 Å². The number of hydrogen-bond donors (Lipinski definition) is 2. The van der Waals surface area contributed by atoms with E-state index in [0.717, 1.165) is 16.9 Å². The highest BCUT2D eigenvalue weighted by Crippen LogP contribution is 2.22. The maximum Gasteiger partial charge on any atom is 0.324 e. The Bertz CT molecular complexity index is 828. The molecule has 0 bridgehead atoms. The van der Waals surface area contributed by atoms with Crippen LogP contribution >= 0.6 is 11.3 Å². The number of rotatable bonds is 6. The maximum atomic E-state index is 11.8. The van der Waals surface area contributed by atoms with Gasteiger partial charge >= 0.3 is 5.00 Å². The summed E-state index contributed by atoms with van der Waals surface area (Å²) in [4.78, 5) is 21.9. The van der Waals surface area contributed by atoms with Crippen LogP contribution in [-0.2, 0) is 16.4 Å². The molecule has 0 aliphatic carbocycles. The Balaban J connectivity index is 1.89. The highest BCUT2D eigenvalue weighted by Gasteiger charge is 2.14. The van der Waals surface area contributed by atoms with Gasteiger partial charge in [-0.1, -0.05) is 23.5 Å². The van der Waals surface area contributed by atoms with Crippen molar-refractivity contribution >= 4 is 32.3 Å². The van der Waals surface area contributed by atoms with Crippen molar-refractivity contribution in [2.45, 2.75) is 11.3 Å². The lowest BCUT2D eigenvalue weighted by molar-refractivity contribution is -0.380. The topological polar surface area (TPSA) is 132 Å². The average molecular weight is 355 g/mol. The van der Waals surface area contributed by atoms with E-state index in [-0.39, 0.29) is 15.5 Å². The molecule has 2 rings (SSSR count). The minimum absolute atomic E-state index is 0.0240. The van der Waals surface area contributed by atoms with Crippen molar-refractivity contribution in [3.63, 3.8) is 0 Å². The van der Waals surface area contributed by atoms with Crippen LogP contribution in [0.4, 0.5) is 5.00 Å². The summed E-state index contributed by atoms with van der Waals surface area (Å²) >= 11 is 0.891. The molecule has 0 aliphatic rings. The number of nitrogens with two attached hydrogens (primary N) is 1. The van der Waals surface area contributed by atoms with E-state index in [1.807, 2.05) is 0 Å². The lowest BCUT2D eigenvalue weighted by Gasteiger charge is -2.05. The van der Waals surface area contributed by atoms with Gasteiger partial charge in [-0.15, -0.1) is 0 Å². The first-order chi connectivity index (χ1) is 10.8. The van der Waals surface area contributed by atoms with Gasteiger partial charge in [0.2, 0.25) is 10.0 Å². The van der Waals surface area contributed by atoms with Gasteiger partial charge in [0.1, 0.15) is 0 Å². The lowest BCUT2D eigenvalue weighted by atomic mass is 10.1. The van der Waals surface area contributed by atoms with Crippen LogP contribution in [0.3, 0.4) is 0 Å². The second-order valence-electron chi connectivity index (χ2n) is 4.63. The summed E-state index contributed by atoms with van der Waals surface area (Å²) in [5, 5.41) is 19.6. The number of nitrogens with zero attached hydrogens (tertiary/aromatic N) is 1. The number of sulfonamides is 1. The molecule has 8 nitrogen and oxygen atoms in total. The number of carbonyl (C=O) groups excluding carboxylic acids is 1. The van der Waals surface area contributed by atoms with Gasteiger partial charge in [0.05, 0.1) is 15.4 Å². The van der Waals surface area contributed by atoms with Crippen LogP contribution < -0.4 is 10.5 Å². The molecule has 2 aromatic rings. The minimum Gasteiger partial charge on any atom is -0.352 e. The second-order valence-corrected chi connectivity index (χ2v) is 7.08. The van der Waals surface area contributed by atoms with Crippen molar-refractivity contribution in [3.8, 4) is 0 Å². The molecule has 0 radical (unpaired) electrons. The number of nitro groups is 1. The van der Waals surface area contributed by atoms with Crippen molar-refractivity contribution < 1.29 is 18.1 Å². The van der Waals surface area contributed by atoms with Crippen molar-refractivity contribution in [2.75, 3.05) is 6.54 Å². The van der Waals surface area contributed by atoms with E-state index in [4.69, 9.17) is 5.14 Å². The normalized spacial score (nSPS) is 11.2. The zero-order chi connectivity index (χ0) is 17.0. The number of hydrogen-bond acceptors (Lipinski definition) is 6. The van der Waals surface area contributed by atoms with Gasteiger partial charge in [-0.2, -0.15) is 0 Å². The summed E-state index contributed by atoms with van der Waals surface area (Å²) in [5.41, 5.74) is 1.07. The number of thiophene rings is 1. The smallest absolute Gasteiger partial charge is 0.324 e. The van der Waals surface area contributed by atoms with Crippen molar-refractivity contribution in [1.29, 1.82) is 0 Å². The molecule has 0 saturated carbocycles. The van der Waals surface area contributed by atoms with Crippen LogP contribution in [0, 0.1) is 10.1 Å². The second kappa shape index (κ2) is 6.86. The number of nitrogens with one attached hydrogen (secondary N) is 1. The summed E-state index contributed by atoms with van der Waals surface area (Å²) in [5.74, 6) is -0.393. The standard InChI is InChI=1S/C13H13N3O5S2/c14-23(20,21)11-3-1-9(2-4-11)5-6-15-13(17)10-7-12(16(18)19)22-8-10/h1-4,7-8H,5-6H2,(H,15,17)(H2,14,20,21). The molecule has 0 saturated heterocycles. The molecule has 0 aliphatic heterocycles. The van der Waals surface area contributed by atoms with Crippen molar-refractivity contribution in [2.24, 2.45) is 5.14 Å². The number of primary sulfonamides is 1. The molecule has 0 atom stereocenters. The predicted octanol–water partition coefficient (Wildman–Crippen LogP) is 1.28. The van der Waals surface area contributed by atoms with Gasteiger partial charge in [0.15, 0.2) is 0 Å². The third kappa shape index (κ3) is 4.58. The van der Waals surface area contributed by atoms with Gasteiger partial charge in [-0.05, 0) is 24.1 Å². The molecule has 23 heavy (non-hydrogen) atoms. The molecule has 1 amide bonds. The van der Waals surface area contributed by atoms with Crippen LogP contribution in [0.2, 0.25) is 0 Å². The third-order valence-electron chi connectivity index (χ3n) is 2.98. The first kappa shape index (κ1) is 17.1. The summed E-state index contributed by atoms with van der Waals surface area (Å²) < 4.78 is 22.3. The van der Waals surface area contributed by atoms with Gasteiger partial charge < -0.3 is 5.32 Å². The SMILES string of the molecule is NS(=O)(=O)c1ccc(CCNC(=O)c2csc([N+](=O)[O-])c2)cc1. The minimum atomic E-state index is -3.72. The van der Waals surface area contributed by atoms with E-state index < -0.39 is 20.9 Å². The highest BCUT2D eigenvalue weighted by molar-refractivity contribution is 7.89. The molecule has 1 heterocycles. The van der Waals surface area contributed by atoms with Crippen LogP contribution in [0.25, 0.3) is 0 Å². The molecule has 0 spiro atoms. The molecular formula is C13H13N3O5S2. The van der Waals surface area contributed by atoms with E-state index in [1.54, 1.807) is 12.1 Å². The summed E-state index contributed by atoms with van der Waals surface area (Å²) in [7, 11) is -3.72.